The van der Waals surface area contributed by atoms with Gasteiger partial charge in [0.2, 0.25) is 5.88 Å². The van der Waals surface area contributed by atoms with Crippen LogP contribution in [0, 0.1) is 0 Å². The maximum atomic E-state index is 6.02. The van der Waals surface area contributed by atoms with Crippen molar-refractivity contribution in [2.24, 2.45) is 0 Å². The monoisotopic (exact) mass is 506 g/mol. The van der Waals surface area contributed by atoms with Gasteiger partial charge in [0.1, 0.15) is 12.5 Å². The van der Waals surface area contributed by atoms with E-state index in [0.29, 0.717) is 19.2 Å². The van der Waals surface area contributed by atoms with Crippen molar-refractivity contribution in [3.63, 3.8) is 0 Å². The van der Waals surface area contributed by atoms with E-state index in [2.05, 4.69) is 51.6 Å². The molecule has 0 saturated carbocycles. The van der Waals surface area contributed by atoms with E-state index in [1.165, 1.54) is 0 Å². The van der Waals surface area contributed by atoms with Gasteiger partial charge in [0.15, 0.2) is 0 Å². The van der Waals surface area contributed by atoms with Gasteiger partial charge in [-0.2, -0.15) is 15.6 Å². The second kappa shape index (κ2) is 12.7. The molecule has 0 aliphatic carbocycles. The van der Waals surface area contributed by atoms with Gasteiger partial charge in [-0.05, 0) is 56.7 Å². The quantitative estimate of drug-likeness (QED) is 0.215. The van der Waals surface area contributed by atoms with Crippen molar-refractivity contribution >= 4 is 27.3 Å². The molecule has 0 amide bonds. The molecule has 4 rings (SSSR count). The topological polar surface area (TPSA) is 77.3 Å². The van der Waals surface area contributed by atoms with E-state index in [-0.39, 0.29) is 10.5 Å². The molecule has 1 aromatic carbocycles. The van der Waals surface area contributed by atoms with Crippen LogP contribution in [0.2, 0.25) is 0 Å². The highest BCUT2D eigenvalue weighted by molar-refractivity contribution is 8.13. The maximum Gasteiger partial charge on any atom is 0.219 e. The lowest BCUT2D eigenvalue weighted by Gasteiger charge is -2.16. The molecule has 0 fully saturated rings. The van der Waals surface area contributed by atoms with Crippen molar-refractivity contribution < 1.29 is 9.47 Å². The summed E-state index contributed by atoms with van der Waals surface area (Å²) < 4.78 is 13.6. The van der Waals surface area contributed by atoms with Gasteiger partial charge in [0.05, 0.1) is 23.5 Å². The number of hydrogen-bond acceptors (Lipinski definition) is 7. The average molecular weight is 507 g/mol. The highest BCUT2D eigenvalue weighted by Crippen LogP contribution is 2.26. The van der Waals surface area contributed by atoms with E-state index in [1.54, 1.807) is 12.4 Å². The minimum Gasteiger partial charge on any atom is -0.439 e. The summed E-state index contributed by atoms with van der Waals surface area (Å²) in [5, 5.41) is 8.58. The molecule has 0 bridgehead atoms. The second-order valence-corrected chi connectivity index (χ2v) is 10.7. The van der Waals surface area contributed by atoms with Gasteiger partial charge < -0.3 is 14.8 Å². The molecular formula is C27H34N6O2S. The summed E-state index contributed by atoms with van der Waals surface area (Å²) in [5.74, 6) is 6.21. The van der Waals surface area contributed by atoms with E-state index < -0.39 is 0 Å². The number of benzene rings is 1. The molecule has 9 heteroatoms. The molecule has 3 heterocycles. The zero-order valence-electron chi connectivity index (χ0n) is 21.2. The van der Waals surface area contributed by atoms with E-state index in [9.17, 15) is 0 Å². The Bertz CT molecular complexity index is 1290. The number of nitrogens with one attached hydrogen (secondary N) is 1. The van der Waals surface area contributed by atoms with Gasteiger partial charge >= 0.3 is 0 Å². The van der Waals surface area contributed by atoms with Crippen LogP contribution in [-0.4, -0.2) is 76.3 Å². The van der Waals surface area contributed by atoms with Crippen LogP contribution in [0.1, 0.15) is 5.69 Å². The molecule has 3 aromatic heterocycles. The summed E-state index contributed by atoms with van der Waals surface area (Å²) in [4.78, 5) is 11.6. The minimum atomic E-state index is 0.127. The molecule has 36 heavy (non-hydrogen) atoms. The molecule has 4 aromatic rings. The van der Waals surface area contributed by atoms with Crippen molar-refractivity contribution in [2.75, 3.05) is 45.8 Å². The zero-order chi connectivity index (χ0) is 25.3. The van der Waals surface area contributed by atoms with Gasteiger partial charge in [0.25, 0.3) is 0 Å². The van der Waals surface area contributed by atoms with Crippen LogP contribution in [-0.2, 0) is 18.0 Å². The Morgan fingerprint density at radius 1 is 1.14 bits per heavy atom. The number of ether oxygens (including phenoxy) is 2. The highest BCUT2D eigenvalue weighted by Gasteiger charge is 2.09. The second-order valence-electron chi connectivity index (χ2n) is 8.72. The van der Waals surface area contributed by atoms with Crippen LogP contribution < -0.4 is 10.1 Å². The molecule has 8 nitrogen and oxygen atoms in total. The lowest BCUT2D eigenvalue weighted by Crippen LogP contribution is -2.27. The SMILES string of the molecule is C=[S@@](C)CCOCn1nccc1-c1ccc(Oc2ccc3nc(CN(C)CCNC)ccc3c2)nc1. The first-order valence-corrected chi connectivity index (χ1v) is 13.9. The third kappa shape index (κ3) is 7.20. The first-order chi connectivity index (χ1) is 17.5. The molecule has 1 N–H and O–H groups in total. The van der Waals surface area contributed by atoms with Gasteiger partial charge in [-0.15, -0.1) is 0 Å². The zero-order valence-corrected chi connectivity index (χ0v) is 22.0. The van der Waals surface area contributed by atoms with Crippen LogP contribution in [0.4, 0.5) is 0 Å². The average Bonchev–Trinajstić information content (AvgIpc) is 3.34. The van der Waals surface area contributed by atoms with Crippen molar-refractivity contribution in [1.29, 1.82) is 0 Å². The van der Waals surface area contributed by atoms with Gasteiger partial charge in [-0.3, -0.25) is 9.88 Å². The Balaban J connectivity index is 1.38. The fourth-order valence-electron chi connectivity index (χ4n) is 3.70. The number of aromatic nitrogens is 4. The van der Waals surface area contributed by atoms with Crippen LogP contribution in [0.5, 0.6) is 11.6 Å². The fourth-order valence-corrected chi connectivity index (χ4v) is 4.10. The third-order valence-corrected chi connectivity index (χ3v) is 6.52. The predicted octanol–water partition coefficient (Wildman–Crippen LogP) is 4.24. The molecule has 0 unspecified atom stereocenters. The molecule has 0 saturated heterocycles. The molecule has 0 aliphatic heterocycles. The van der Waals surface area contributed by atoms with Crippen molar-refractivity contribution in [3.8, 4) is 22.9 Å². The minimum absolute atomic E-state index is 0.127. The maximum absolute atomic E-state index is 6.02. The normalized spacial score (nSPS) is 12.3. The Morgan fingerprint density at radius 2 is 2.03 bits per heavy atom. The summed E-state index contributed by atoms with van der Waals surface area (Å²) in [7, 11) is 4.19. The Kier molecular flexibility index (Phi) is 9.18. The van der Waals surface area contributed by atoms with Crippen molar-refractivity contribution in [1.82, 2.24) is 30.0 Å². The summed E-state index contributed by atoms with van der Waals surface area (Å²) >= 11 is 0. The van der Waals surface area contributed by atoms with Crippen LogP contribution in [0.3, 0.4) is 0 Å². The summed E-state index contributed by atoms with van der Waals surface area (Å²) in [6, 6.07) is 15.9. The smallest absolute Gasteiger partial charge is 0.219 e. The molecule has 0 aliphatic rings. The van der Waals surface area contributed by atoms with Gasteiger partial charge in [-0.1, -0.05) is 11.9 Å². The molecule has 0 spiro atoms. The van der Waals surface area contributed by atoms with E-state index in [0.717, 1.165) is 59.0 Å². The van der Waals surface area contributed by atoms with Gasteiger partial charge in [-0.25, -0.2) is 9.67 Å². The van der Waals surface area contributed by atoms with Crippen molar-refractivity contribution in [3.05, 3.63) is 66.6 Å². The summed E-state index contributed by atoms with van der Waals surface area (Å²) in [6.07, 6.45) is 5.67. The number of nitrogens with zero attached hydrogens (tertiary/aromatic N) is 5. The Labute approximate surface area is 215 Å². The first kappa shape index (κ1) is 26.0. The summed E-state index contributed by atoms with van der Waals surface area (Å²) in [6.45, 7) is 3.81. The Morgan fingerprint density at radius 3 is 2.81 bits per heavy atom. The molecule has 190 valence electrons. The van der Waals surface area contributed by atoms with E-state index in [1.807, 2.05) is 48.1 Å². The lowest BCUT2D eigenvalue weighted by atomic mass is 10.2. The van der Waals surface area contributed by atoms with E-state index in [4.69, 9.17) is 14.5 Å². The predicted molar refractivity (Wildman–Crippen MR) is 149 cm³/mol. The fraction of sp³-hybridized carbons (Fsp3) is 0.333. The first-order valence-electron chi connectivity index (χ1n) is 11.9. The largest absolute Gasteiger partial charge is 0.439 e. The number of pyridine rings is 2. The summed E-state index contributed by atoms with van der Waals surface area (Å²) in [5.41, 5.74) is 3.90. The van der Waals surface area contributed by atoms with Crippen molar-refractivity contribution in [2.45, 2.75) is 13.3 Å². The molecule has 1 atom stereocenters. The number of hydrogen-bond donors (Lipinski definition) is 1. The third-order valence-electron chi connectivity index (χ3n) is 5.65. The van der Waals surface area contributed by atoms with Crippen LogP contribution >= 0.6 is 10.5 Å². The van der Waals surface area contributed by atoms with Gasteiger partial charge in [0, 0.05) is 54.8 Å². The molecule has 0 radical (unpaired) electrons. The van der Waals surface area contributed by atoms with Crippen LogP contribution in [0.15, 0.2) is 60.9 Å². The lowest BCUT2D eigenvalue weighted by molar-refractivity contribution is 0.0824. The highest BCUT2D eigenvalue weighted by atomic mass is 32.2. The standard InChI is InChI=1S/C27H34N6O2S/c1-28-13-14-32(2)19-23-7-5-21-17-24(8-9-25(21)31-23)35-27-10-6-22(18-29-27)26-11-12-30-33(26)20-34-15-16-36(3)4/h5-12,17-18,28H,3,13-16,19-20H2,1-2,4H3/t36-/m0/s1. The number of rotatable bonds is 13. The Hall–Kier alpha value is -3.11. The van der Waals surface area contributed by atoms with E-state index >= 15 is 0 Å². The number of likely N-dealkylation sites (N-methyl/N-ethyl adjacent to an activating group) is 2. The molecular weight excluding hydrogens is 472 g/mol. The van der Waals surface area contributed by atoms with Crippen LogP contribution in [0.25, 0.3) is 22.2 Å². The number of fused-ring (bicyclic) bond motifs is 1.